The second kappa shape index (κ2) is 8.14. The van der Waals surface area contributed by atoms with Crippen molar-refractivity contribution in [2.75, 3.05) is 17.1 Å². The summed E-state index contributed by atoms with van der Waals surface area (Å²) in [6.07, 6.45) is 0. The average molecular weight is 435 g/mol. The lowest BCUT2D eigenvalue weighted by atomic mass is 10.2. The van der Waals surface area contributed by atoms with Crippen LogP contribution >= 0.6 is 11.6 Å². The Bertz CT molecular complexity index is 1140. The standard InChI is InChI=1S/C19H19ClN4O4S/c1-3-28-19(25)16-17(21)24(14-8-6-13(20)7-9-14)22-18(16)23-29(26,27)15-10-4-12(2)5-11-15/h4-11H,3,21H2,1-2H3,(H,22,23). The zero-order valence-corrected chi connectivity index (χ0v) is 17.3. The number of nitrogen functional groups attached to an aromatic ring is 1. The van der Waals surface area contributed by atoms with Gasteiger partial charge in [-0.15, -0.1) is 5.10 Å². The fourth-order valence-electron chi connectivity index (χ4n) is 2.59. The molecule has 3 N–H and O–H groups in total. The molecule has 1 heterocycles. The molecule has 0 bridgehead atoms. The van der Waals surface area contributed by atoms with E-state index in [0.29, 0.717) is 10.7 Å². The predicted octanol–water partition coefficient (Wildman–Crippen LogP) is 3.39. The zero-order valence-electron chi connectivity index (χ0n) is 15.7. The van der Waals surface area contributed by atoms with Gasteiger partial charge in [0.15, 0.2) is 5.82 Å². The van der Waals surface area contributed by atoms with Crippen LogP contribution in [0.1, 0.15) is 22.8 Å². The van der Waals surface area contributed by atoms with Crippen LogP contribution in [0, 0.1) is 6.92 Å². The topological polar surface area (TPSA) is 116 Å². The van der Waals surface area contributed by atoms with Crippen molar-refractivity contribution in [1.29, 1.82) is 0 Å². The number of rotatable bonds is 6. The van der Waals surface area contributed by atoms with Gasteiger partial charge >= 0.3 is 5.97 Å². The van der Waals surface area contributed by atoms with Crippen LogP contribution in [-0.2, 0) is 14.8 Å². The van der Waals surface area contributed by atoms with E-state index >= 15 is 0 Å². The van der Waals surface area contributed by atoms with Crippen molar-refractivity contribution in [2.45, 2.75) is 18.7 Å². The van der Waals surface area contributed by atoms with E-state index in [1.807, 2.05) is 6.92 Å². The number of esters is 1. The fraction of sp³-hybridized carbons (Fsp3) is 0.158. The van der Waals surface area contributed by atoms with Crippen LogP contribution < -0.4 is 10.5 Å². The molecule has 0 radical (unpaired) electrons. The van der Waals surface area contributed by atoms with Crippen molar-refractivity contribution in [3.8, 4) is 5.69 Å². The minimum atomic E-state index is -4.00. The van der Waals surface area contributed by atoms with E-state index in [-0.39, 0.29) is 28.7 Å². The molecule has 0 amide bonds. The van der Waals surface area contributed by atoms with Crippen LogP contribution in [0.25, 0.3) is 5.69 Å². The van der Waals surface area contributed by atoms with Gasteiger partial charge in [0.2, 0.25) is 0 Å². The number of benzene rings is 2. The Labute approximate surface area is 173 Å². The van der Waals surface area contributed by atoms with Gasteiger partial charge in [-0.3, -0.25) is 4.72 Å². The number of aryl methyl sites for hydroxylation is 1. The number of aromatic nitrogens is 2. The molecular formula is C19H19ClN4O4S. The molecule has 0 unspecified atom stereocenters. The lowest BCUT2D eigenvalue weighted by Gasteiger charge is -2.08. The van der Waals surface area contributed by atoms with Crippen LogP contribution in [-0.4, -0.2) is 30.8 Å². The number of carbonyl (C=O) groups is 1. The maximum Gasteiger partial charge on any atom is 0.345 e. The number of nitrogens with two attached hydrogens (primary N) is 1. The van der Waals surface area contributed by atoms with Gasteiger partial charge in [0, 0.05) is 5.02 Å². The maximum absolute atomic E-state index is 12.8. The summed E-state index contributed by atoms with van der Waals surface area (Å²) in [6, 6.07) is 12.8. The quantitative estimate of drug-likeness (QED) is 0.574. The van der Waals surface area contributed by atoms with Gasteiger partial charge in [0.25, 0.3) is 10.0 Å². The number of hydrogen-bond acceptors (Lipinski definition) is 6. The highest BCUT2D eigenvalue weighted by atomic mass is 35.5. The second-order valence-corrected chi connectivity index (χ2v) is 8.25. The molecule has 0 fully saturated rings. The number of anilines is 2. The third kappa shape index (κ3) is 4.36. The van der Waals surface area contributed by atoms with Gasteiger partial charge in [-0.1, -0.05) is 29.3 Å². The Hall–Kier alpha value is -3.04. The zero-order chi connectivity index (χ0) is 21.2. The van der Waals surface area contributed by atoms with Gasteiger partial charge in [0.1, 0.15) is 11.4 Å². The lowest BCUT2D eigenvalue weighted by molar-refractivity contribution is 0.0529. The SMILES string of the molecule is CCOC(=O)c1c(NS(=O)(=O)c2ccc(C)cc2)nn(-c2ccc(Cl)cc2)c1N. The third-order valence-electron chi connectivity index (χ3n) is 4.03. The van der Waals surface area contributed by atoms with Gasteiger partial charge in [0.05, 0.1) is 17.2 Å². The summed E-state index contributed by atoms with van der Waals surface area (Å²) < 4.78 is 34.2. The molecular weight excluding hydrogens is 416 g/mol. The molecule has 0 spiro atoms. The molecule has 0 atom stereocenters. The molecule has 8 nitrogen and oxygen atoms in total. The van der Waals surface area contributed by atoms with E-state index in [1.54, 1.807) is 43.3 Å². The summed E-state index contributed by atoms with van der Waals surface area (Å²) >= 11 is 5.91. The molecule has 152 valence electrons. The van der Waals surface area contributed by atoms with Crippen LogP contribution in [0.2, 0.25) is 5.02 Å². The molecule has 0 saturated heterocycles. The number of ether oxygens (including phenoxy) is 1. The number of halogens is 1. The summed E-state index contributed by atoms with van der Waals surface area (Å²) in [5.74, 6) is -1.07. The largest absolute Gasteiger partial charge is 0.462 e. The van der Waals surface area contributed by atoms with E-state index in [1.165, 1.54) is 16.8 Å². The van der Waals surface area contributed by atoms with Crippen LogP contribution in [0.4, 0.5) is 11.6 Å². The molecule has 0 aliphatic carbocycles. The smallest absolute Gasteiger partial charge is 0.345 e. The lowest BCUT2D eigenvalue weighted by Crippen LogP contribution is -2.16. The van der Waals surface area contributed by atoms with E-state index in [4.69, 9.17) is 22.1 Å². The summed E-state index contributed by atoms with van der Waals surface area (Å²) in [5.41, 5.74) is 7.35. The highest BCUT2D eigenvalue weighted by Crippen LogP contribution is 2.28. The summed E-state index contributed by atoms with van der Waals surface area (Å²) in [5, 5.41) is 4.70. The second-order valence-electron chi connectivity index (χ2n) is 6.14. The number of hydrogen-bond donors (Lipinski definition) is 2. The molecule has 3 aromatic rings. The van der Waals surface area contributed by atoms with Gasteiger partial charge in [-0.05, 0) is 50.2 Å². The molecule has 0 saturated carbocycles. The van der Waals surface area contributed by atoms with Crippen molar-refractivity contribution in [3.63, 3.8) is 0 Å². The highest BCUT2D eigenvalue weighted by molar-refractivity contribution is 7.92. The molecule has 10 heteroatoms. The fourth-order valence-corrected chi connectivity index (χ4v) is 3.73. The van der Waals surface area contributed by atoms with Gasteiger partial charge in [-0.2, -0.15) is 0 Å². The first-order valence-corrected chi connectivity index (χ1v) is 10.5. The summed E-state index contributed by atoms with van der Waals surface area (Å²) in [6.45, 7) is 3.57. The molecule has 0 aliphatic rings. The Morgan fingerprint density at radius 1 is 1.17 bits per heavy atom. The molecule has 3 rings (SSSR count). The summed E-state index contributed by atoms with van der Waals surface area (Å²) in [7, 11) is -4.00. The first-order valence-electron chi connectivity index (χ1n) is 8.64. The normalized spacial score (nSPS) is 11.3. The Kier molecular flexibility index (Phi) is 5.81. The third-order valence-corrected chi connectivity index (χ3v) is 5.64. The number of sulfonamides is 1. The molecule has 1 aromatic heterocycles. The summed E-state index contributed by atoms with van der Waals surface area (Å²) in [4.78, 5) is 12.5. The minimum absolute atomic E-state index is 0.0255. The van der Waals surface area contributed by atoms with Crippen molar-refractivity contribution < 1.29 is 17.9 Å². The van der Waals surface area contributed by atoms with Crippen molar-refractivity contribution in [1.82, 2.24) is 9.78 Å². The Morgan fingerprint density at radius 2 is 1.79 bits per heavy atom. The number of nitrogens with one attached hydrogen (secondary N) is 1. The van der Waals surface area contributed by atoms with Crippen molar-refractivity contribution in [3.05, 3.63) is 64.7 Å². The van der Waals surface area contributed by atoms with Crippen molar-refractivity contribution in [2.24, 2.45) is 0 Å². The van der Waals surface area contributed by atoms with Crippen LogP contribution in [0.5, 0.6) is 0 Å². The van der Waals surface area contributed by atoms with Gasteiger partial charge < -0.3 is 10.5 Å². The van der Waals surface area contributed by atoms with E-state index in [0.717, 1.165) is 5.56 Å². The van der Waals surface area contributed by atoms with Crippen LogP contribution in [0.3, 0.4) is 0 Å². The molecule has 29 heavy (non-hydrogen) atoms. The Balaban J connectivity index is 2.09. The average Bonchev–Trinajstić information content (AvgIpc) is 2.98. The monoisotopic (exact) mass is 434 g/mol. The van der Waals surface area contributed by atoms with E-state index < -0.39 is 16.0 Å². The predicted molar refractivity (Wildman–Crippen MR) is 111 cm³/mol. The van der Waals surface area contributed by atoms with Crippen LogP contribution in [0.15, 0.2) is 53.4 Å². The molecule has 0 aliphatic heterocycles. The van der Waals surface area contributed by atoms with Crippen molar-refractivity contribution >= 4 is 39.2 Å². The first kappa shape index (κ1) is 20.7. The first-order chi connectivity index (χ1) is 13.7. The number of carbonyl (C=O) groups excluding carboxylic acids is 1. The molecule has 2 aromatic carbocycles. The maximum atomic E-state index is 12.8. The van der Waals surface area contributed by atoms with E-state index in [2.05, 4.69) is 9.82 Å². The van der Waals surface area contributed by atoms with Gasteiger partial charge in [-0.25, -0.2) is 17.9 Å². The highest BCUT2D eigenvalue weighted by Gasteiger charge is 2.27. The Morgan fingerprint density at radius 3 is 2.38 bits per heavy atom. The number of nitrogens with zero attached hydrogens (tertiary/aromatic N) is 2. The minimum Gasteiger partial charge on any atom is -0.462 e. The van der Waals surface area contributed by atoms with E-state index in [9.17, 15) is 13.2 Å².